The molecule has 0 aromatic heterocycles. The van der Waals surface area contributed by atoms with Gasteiger partial charge in [0.25, 0.3) is 5.91 Å². The molecule has 6 nitrogen and oxygen atoms in total. The van der Waals surface area contributed by atoms with Gasteiger partial charge in [-0.15, -0.1) is 0 Å². The second kappa shape index (κ2) is 9.10. The van der Waals surface area contributed by atoms with Crippen molar-refractivity contribution in [2.45, 2.75) is 31.7 Å². The summed E-state index contributed by atoms with van der Waals surface area (Å²) in [6.45, 7) is 4.55. The van der Waals surface area contributed by atoms with Gasteiger partial charge in [0.05, 0.1) is 6.54 Å². The van der Waals surface area contributed by atoms with Crippen molar-refractivity contribution in [2.75, 3.05) is 25.1 Å². The Balaban J connectivity index is 1.69. The Morgan fingerprint density at radius 3 is 2.50 bits per heavy atom. The van der Waals surface area contributed by atoms with Crippen LogP contribution in [0, 0.1) is 12.7 Å². The standard InChI is InChI=1S/C26H27FN2O4S/c1-4-20-21(7-10-24(25(20)27)34(3,31)32)26(30)29-11-12-33-23-9-6-18(14-19(23)15-29)17-5-8-22(28)16(2)13-17/h5-10,13-14H,4,11-12,15,28H2,1-3H3. The number of fused-ring (bicyclic) bond motifs is 1. The lowest BCUT2D eigenvalue weighted by Gasteiger charge is -2.22. The van der Waals surface area contributed by atoms with E-state index in [-0.39, 0.29) is 30.0 Å². The fraction of sp³-hybridized carbons (Fsp3) is 0.269. The molecule has 1 heterocycles. The minimum Gasteiger partial charge on any atom is -0.491 e. The summed E-state index contributed by atoms with van der Waals surface area (Å²) < 4.78 is 44.7. The molecular weight excluding hydrogens is 455 g/mol. The lowest BCUT2D eigenvalue weighted by Crippen LogP contribution is -2.33. The van der Waals surface area contributed by atoms with Gasteiger partial charge in [0.1, 0.15) is 23.1 Å². The predicted molar refractivity (Wildman–Crippen MR) is 130 cm³/mol. The summed E-state index contributed by atoms with van der Waals surface area (Å²) in [5, 5.41) is 0. The van der Waals surface area contributed by atoms with E-state index in [0.717, 1.165) is 34.2 Å². The fourth-order valence-corrected chi connectivity index (χ4v) is 4.97. The Labute approximate surface area is 199 Å². The molecular formula is C26H27FN2O4S. The molecule has 0 saturated heterocycles. The average molecular weight is 483 g/mol. The van der Waals surface area contributed by atoms with Crippen LogP contribution in [0.3, 0.4) is 0 Å². The number of sulfone groups is 1. The van der Waals surface area contributed by atoms with Gasteiger partial charge >= 0.3 is 0 Å². The first-order valence-corrected chi connectivity index (χ1v) is 12.9. The molecule has 0 fully saturated rings. The molecule has 0 bridgehead atoms. The number of nitrogens with zero attached hydrogens (tertiary/aromatic N) is 1. The quantitative estimate of drug-likeness (QED) is 0.558. The summed E-state index contributed by atoms with van der Waals surface area (Å²) in [4.78, 5) is 14.6. The topological polar surface area (TPSA) is 89.7 Å². The van der Waals surface area contributed by atoms with E-state index in [4.69, 9.17) is 10.5 Å². The van der Waals surface area contributed by atoms with E-state index in [9.17, 15) is 17.6 Å². The van der Waals surface area contributed by atoms with Crippen LogP contribution in [0.5, 0.6) is 5.75 Å². The normalized spacial score (nSPS) is 13.7. The maximum atomic E-state index is 15.0. The fourth-order valence-electron chi connectivity index (χ4n) is 4.20. The van der Waals surface area contributed by atoms with Gasteiger partial charge in [-0.3, -0.25) is 4.79 Å². The molecule has 0 aliphatic carbocycles. The van der Waals surface area contributed by atoms with Crippen molar-refractivity contribution in [1.29, 1.82) is 0 Å². The maximum absolute atomic E-state index is 15.0. The number of nitrogens with two attached hydrogens (primary N) is 1. The molecule has 3 aromatic rings. The highest BCUT2D eigenvalue weighted by molar-refractivity contribution is 7.90. The van der Waals surface area contributed by atoms with E-state index in [1.807, 2.05) is 43.3 Å². The van der Waals surface area contributed by atoms with Gasteiger partial charge in [0, 0.05) is 35.2 Å². The number of nitrogen functional groups attached to an aromatic ring is 1. The Bertz CT molecular complexity index is 1390. The van der Waals surface area contributed by atoms with E-state index < -0.39 is 20.5 Å². The van der Waals surface area contributed by atoms with Crippen LogP contribution in [0.4, 0.5) is 10.1 Å². The lowest BCUT2D eigenvalue weighted by molar-refractivity contribution is 0.0731. The van der Waals surface area contributed by atoms with Gasteiger partial charge in [0.2, 0.25) is 0 Å². The minimum atomic E-state index is -3.74. The molecule has 1 aliphatic rings. The van der Waals surface area contributed by atoms with Crippen LogP contribution >= 0.6 is 0 Å². The number of hydrogen-bond donors (Lipinski definition) is 1. The summed E-state index contributed by atoms with van der Waals surface area (Å²) in [6, 6.07) is 14.2. The van der Waals surface area contributed by atoms with Gasteiger partial charge in [-0.05, 0) is 66.4 Å². The molecule has 0 saturated carbocycles. The monoisotopic (exact) mass is 482 g/mol. The molecule has 4 rings (SSSR count). The van der Waals surface area contributed by atoms with E-state index in [2.05, 4.69) is 0 Å². The number of halogens is 1. The zero-order valence-electron chi connectivity index (χ0n) is 19.4. The van der Waals surface area contributed by atoms with Crippen molar-refractivity contribution in [3.05, 3.63) is 76.6 Å². The largest absolute Gasteiger partial charge is 0.491 e. The van der Waals surface area contributed by atoms with Crippen LogP contribution in [0.25, 0.3) is 11.1 Å². The van der Waals surface area contributed by atoms with Crippen molar-refractivity contribution in [3.8, 4) is 16.9 Å². The smallest absolute Gasteiger partial charge is 0.254 e. The summed E-state index contributed by atoms with van der Waals surface area (Å²) in [5.74, 6) is -0.523. The summed E-state index contributed by atoms with van der Waals surface area (Å²) in [5.41, 5.74) is 10.7. The molecule has 8 heteroatoms. The molecule has 0 radical (unpaired) electrons. The Morgan fingerprint density at radius 1 is 1.12 bits per heavy atom. The summed E-state index contributed by atoms with van der Waals surface area (Å²) in [6.07, 6.45) is 1.15. The number of benzene rings is 3. The second-order valence-electron chi connectivity index (χ2n) is 8.50. The number of anilines is 1. The van der Waals surface area contributed by atoms with Crippen molar-refractivity contribution in [2.24, 2.45) is 0 Å². The Morgan fingerprint density at radius 2 is 1.82 bits per heavy atom. The Kier molecular flexibility index (Phi) is 6.36. The van der Waals surface area contributed by atoms with E-state index in [1.54, 1.807) is 11.8 Å². The Hall–Kier alpha value is -3.39. The van der Waals surface area contributed by atoms with Gasteiger partial charge in [-0.1, -0.05) is 19.1 Å². The van der Waals surface area contributed by atoms with E-state index >= 15 is 0 Å². The van der Waals surface area contributed by atoms with Crippen LogP contribution in [0.15, 0.2) is 53.4 Å². The third-order valence-corrected chi connectivity index (χ3v) is 7.24. The first kappa shape index (κ1) is 23.8. The molecule has 178 valence electrons. The highest BCUT2D eigenvalue weighted by Gasteiger charge is 2.27. The highest BCUT2D eigenvalue weighted by atomic mass is 32.2. The zero-order chi connectivity index (χ0) is 24.6. The number of ether oxygens (including phenoxy) is 1. The number of amides is 1. The molecule has 0 atom stereocenters. The molecule has 3 aromatic carbocycles. The summed E-state index contributed by atoms with van der Waals surface area (Å²) >= 11 is 0. The van der Waals surface area contributed by atoms with Crippen LogP contribution in [-0.4, -0.2) is 38.6 Å². The minimum absolute atomic E-state index is 0.101. The van der Waals surface area contributed by atoms with Gasteiger partial charge in [-0.25, -0.2) is 12.8 Å². The van der Waals surface area contributed by atoms with Crippen molar-refractivity contribution in [3.63, 3.8) is 0 Å². The number of aryl methyl sites for hydroxylation is 1. The van der Waals surface area contributed by atoms with Crippen molar-refractivity contribution >= 4 is 21.4 Å². The highest BCUT2D eigenvalue weighted by Crippen LogP contribution is 2.32. The van der Waals surface area contributed by atoms with Crippen molar-refractivity contribution < 1.29 is 22.3 Å². The molecule has 1 aliphatic heterocycles. The third-order valence-electron chi connectivity index (χ3n) is 6.12. The second-order valence-corrected chi connectivity index (χ2v) is 10.5. The maximum Gasteiger partial charge on any atom is 0.254 e. The van der Waals surface area contributed by atoms with Crippen LogP contribution in [-0.2, 0) is 22.8 Å². The number of carbonyl (C=O) groups is 1. The van der Waals surface area contributed by atoms with Gasteiger partial charge in [0.15, 0.2) is 9.84 Å². The SMILES string of the molecule is CCc1c(C(=O)N2CCOc3ccc(-c4ccc(N)c(C)c4)cc3C2)ccc(S(C)(=O)=O)c1F. The van der Waals surface area contributed by atoms with Crippen LogP contribution in [0.1, 0.15) is 34.0 Å². The first-order chi connectivity index (χ1) is 16.1. The molecule has 1 amide bonds. The molecule has 2 N–H and O–H groups in total. The first-order valence-electron chi connectivity index (χ1n) is 11.0. The number of carbonyl (C=O) groups excluding carboxylic acids is 1. The molecule has 0 spiro atoms. The van der Waals surface area contributed by atoms with Crippen LogP contribution in [0.2, 0.25) is 0 Å². The lowest BCUT2D eigenvalue weighted by atomic mass is 9.99. The number of rotatable bonds is 4. The van der Waals surface area contributed by atoms with Crippen LogP contribution < -0.4 is 10.5 Å². The van der Waals surface area contributed by atoms with Crippen molar-refractivity contribution in [1.82, 2.24) is 4.90 Å². The summed E-state index contributed by atoms with van der Waals surface area (Å²) in [7, 11) is -3.74. The average Bonchev–Trinajstić information content (AvgIpc) is 3.01. The van der Waals surface area contributed by atoms with Gasteiger partial charge < -0.3 is 15.4 Å². The molecule has 0 unspecified atom stereocenters. The number of hydrogen-bond acceptors (Lipinski definition) is 5. The molecule has 34 heavy (non-hydrogen) atoms. The zero-order valence-corrected chi connectivity index (χ0v) is 20.2. The third kappa shape index (κ3) is 4.50. The van der Waals surface area contributed by atoms with Gasteiger partial charge in [-0.2, -0.15) is 0 Å². The van der Waals surface area contributed by atoms with E-state index in [0.29, 0.717) is 18.9 Å². The van der Waals surface area contributed by atoms with E-state index in [1.165, 1.54) is 12.1 Å². The predicted octanol–water partition coefficient (Wildman–Crippen LogP) is 4.38.